The van der Waals surface area contributed by atoms with E-state index < -0.39 is 0 Å². The minimum atomic E-state index is 0.561. The molecule has 0 spiro atoms. The van der Waals surface area contributed by atoms with Crippen LogP contribution in [-0.2, 0) is 11.3 Å². The summed E-state index contributed by atoms with van der Waals surface area (Å²) in [6.45, 7) is 0.561. The third-order valence-corrected chi connectivity index (χ3v) is 2.19. The van der Waals surface area contributed by atoms with E-state index >= 15 is 0 Å². The Morgan fingerprint density at radius 2 is 2.23 bits per heavy atom. The molecule has 1 aromatic carbocycles. The maximum Gasteiger partial charge on any atom is 0.152 e. The molecule has 0 atom stereocenters. The lowest BCUT2D eigenvalue weighted by Crippen LogP contribution is -2.02. The average molecular weight is 172 g/mol. The zero-order chi connectivity index (χ0) is 8.67. The number of ether oxygens (including phenoxy) is 1. The Bertz CT molecular complexity index is 485. The molecule has 1 aliphatic heterocycles. The van der Waals surface area contributed by atoms with Crippen LogP contribution in [0.1, 0.15) is 5.82 Å². The molecule has 0 amide bonds. The largest absolute Gasteiger partial charge is 0.492 e. The Labute approximate surface area is 75.3 Å². The summed E-state index contributed by atoms with van der Waals surface area (Å²) < 4.78 is 7.22. The van der Waals surface area contributed by atoms with Crippen LogP contribution in [0, 0.1) is 0 Å². The molecule has 0 saturated heterocycles. The normalized spacial score (nSPS) is 14.2. The van der Waals surface area contributed by atoms with E-state index in [-0.39, 0.29) is 0 Å². The van der Waals surface area contributed by atoms with Gasteiger partial charge >= 0.3 is 0 Å². The van der Waals surface area contributed by atoms with Crippen LogP contribution in [0.5, 0.6) is 0 Å². The third kappa shape index (κ3) is 0.869. The monoisotopic (exact) mass is 172 g/mol. The van der Waals surface area contributed by atoms with Gasteiger partial charge in [0.25, 0.3) is 0 Å². The van der Waals surface area contributed by atoms with Gasteiger partial charge in [-0.1, -0.05) is 12.1 Å². The Kier molecular flexibility index (Phi) is 1.22. The second kappa shape index (κ2) is 2.36. The number of benzene rings is 1. The highest BCUT2D eigenvalue weighted by Gasteiger charge is 2.10. The van der Waals surface area contributed by atoms with Crippen molar-refractivity contribution in [1.82, 2.24) is 9.55 Å². The zero-order valence-corrected chi connectivity index (χ0v) is 6.97. The van der Waals surface area contributed by atoms with E-state index in [1.54, 1.807) is 6.26 Å². The molecule has 3 nitrogen and oxygen atoms in total. The van der Waals surface area contributed by atoms with Crippen molar-refractivity contribution in [1.29, 1.82) is 0 Å². The molecule has 0 unspecified atom stereocenters. The highest BCUT2D eigenvalue weighted by atomic mass is 16.5. The van der Waals surface area contributed by atoms with Crippen molar-refractivity contribution in [3.05, 3.63) is 36.4 Å². The van der Waals surface area contributed by atoms with Crippen molar-refractivity contribution >= 4 is 17.2 Å². The van der Waals surface area contributed by atoms with Gasteiger partial charge in [0, 0.05) is 6.20 Å². The number of nitrogens with zero attached hydrogens (tertiary/aromatic N) is 2. The van der Waals surface area contributed by atoms with Crippen LogP contribution in [-0.4, -0.2) is 9.55 Å². The number of hydrogen-bond donors (Lipinski definition) is 0. The molecule has 1 aromatic heterocycles. The van der Waals surface area contributed by atoms with E-state index in [9.17, 15) is 0 Å². The average Bonchev–Trinajstić information content (AvgIpc) is 2.56. The van der Waals surface area contributed by atoms with Crippen molar-refractivity contribution in [3.8, 4) is 0 Å². The Morgan fingerprint density at radius 3 is 3.23 bits per heavy atom. The van der Waals surface area contributed by atoms with Crippen LogP contribution in [0.3, 0.4) is 0 Å². The predicted octanol–water partition coefficient (Wildman–Crippen LogP) is 1.99. The van der Waals surface area contributed by atoms with E-state index in [1.165, 1.54) is 0 Å². The molecule has 2 heterocycles. The topological polar surface area (TPSA) is 27.1 Å². The first-order valence-corrected chi connectivity index (χ1v) is 4.19. The predicted molar refractivity (Wildman–Crippen MR) is 49.9 cm³/mol. The van der Waals surface area contributed by atoms with Crippen LogP contribution >= 0.6 is 0 Å². The molecule has 3 heteroatoms. The highest BCUT2D eigenvalue weighted by molar-refractivity contribution is 5.78. The van der Waals surface area contributed by atoms with Crippen LogP contribution in [0.15, 0.2) is 30.5 Å². The molecule has 0 saturated carbocycles. The summed E-state index contributed by atoms with van der Waals surface area (Å²) in [5.74, 6) is 0.962. The zero-order valence-electron chi connectivity index (χ0n) is 6.97. The van der Waals surface area contributed by atoms with Gasteiger partial charge in [0.15, 0.2) is 5.82 Å². The molecule has 0 radical (unpaired) electrons. The van der Waals surface area contributed by atoms with Crippen LogP contribution in [0.4, 0.5) is 0 Å². The molecule has 64 valence electrons. The number of para-hydroxylation sites is 2. The highest BCUT2D eigenvalue weighted by Crippen LogP contribution is 2.19. The third-order valence-electron chi connectivity index (χ3n) is 2.19. The Morgan fingerprint density at radius 1 is 1.31 bits per heavy atom. The van der Waals surface area contributed by atoms with Gasteiger partial charge in [-0.3, -0.25) is 4.57 Å². The molecule has 13 heavy (non-hydrogen) atoms. The van der Waals surface area contributed by atoms with Crippen LogP contribution in [0.2, 0.25) is 0 Å². The Hall–Kier alpha value is -1.77. The quantitative estimate of drug-likeness (QED) is 0.607. The summed E-state index contributed by atoms with van der Waals surface area (Å²) >= 11 is 0. The van der Waals surface area contributed by atoms with Gasteiger partial charge in [-0.15, -0.1) is 0 Å². The number of aromatic nitrogens is 2. The maximum atomic E-state index is 5.16. The smallest absolute Gasteiger partial charge is 0.152 e. The van der Waals surface area contributed by atoms with Crippen molar-refractivity contribution < 1.29 is 4.74 Å². The van der Waals surface area contributed by atoms with E-state index in [2.05, 4.69) is 15.6 Å². The minimum absolute atomic E-state index is 0.561. The van der Waals surface area contributed by atoms with Gasteiger partial charge in [0.05, 0.1) is 11.0 Å². The molecule has 1 aliphatic rings. The molecule has 2 aromatic rings. The molecule has 0 aliphatic carbocycles. The number of hydrogen-bond acceptors (Lipinski definition) is 2. The molecule has 0 N–H and O–H groups in total. The number of fused-ring (bicyclic) bond motifs is 3. The standard InChI is InChI=1S/C10H8N2O/c1-2-4-9-8(3-1)11-10-7-13-6-5-12(9)10/h1-6H,7H2. The molecule has 3 rings (SSSR count). The summed E-state index contributed by atoms with van der Waals surface area (Å²) in [5.41, 5.74) is 2.16. The first-order chi connectivity index (χ1) is 6.45. The second-order valence-electron chi connectivity index (χ2n) is 2.98. The fourth-order valence-corrected chi connectivity index (χ4v) is 1.59. The van der Waals surface area contributed by atoms with Crippen molar-refractivity contribution in [2.24, 2.45) is 0 Å². The van der Waals surface area contributed by atoms with Gasteiger partial charge in [-0.25, -0.2) is 4.98 Å². The van der Waals surface area contributed by atoms with Crippen LogP contribution in [0.25, 0.3) is 17.2 Å². The summed E-state index contributed by atoms with van der Waals surface area (Å²) in [6, 6.07) is 8.07. The molecular weight excluding hydrogens is 164 g/mol. The number of imidazole rings is 1. The summed E-state index contributed by atoms with van der Waals surface area (Å²) in [6.07, 6.45) is 3.59. The second-order valence-corrected chi connectivity index (χ2v) is 2.98. The summed E-state index contributed by atoms with van der Waals surface area (Å²) in [5, 5.41) is 0. The molecular formula is C10H8N2O. The molecule has 0 bridgehead atoms. The van der Waals surface area contributed by atoms with Gasteiger partial charge in [-0.05, 0) is 12.1 Å². The van der Waals surface area contributed by atoms with Crippen LogP contribution < -0.4 is 0 Å². The fourth-order valence-electron chi connectivity index (χ4n) is 1.59. The van der Waals surface area contributed by atoms with E-state index in [1.807, 2.05) is 24.4 Å². The SMILES string of the molecule is C1=Cn2c(nc3ccccc32)CO1. The first-order valence-electron chi connectivity index (χ1n) is 4.19. The van der Waals surface area contributed by atoms with E-state index in [4.69, 9.17) is 4.74 Å². The minimum Gasteiger partial charge on any atom is -0.492 e. The van der Waals surface area contributed by atoms with Gasteiger partial charge in [0.2, 0.25) is 0 Å². The van der Waals surface area contributed by atoms with Crippen molar-refractivity contribution in [2.45, 2.75) is 6.61 Å². The van der Waals surface area contributed by atoms with E-state index in [0.29, 0.717) is 6.61 Å². The lowest BCUT2D eigenvalue weighted by Gasteiger charge is -2.08. The summed E-state index contributed by atoms with van der Waals surface area (Å²) in [7, 11) is 0. The fraction of sp³-hybridized carbons (Fsp3) is 0.100. The molecule has 0 fully saturated rings. The lowest BCUT2D eigenvalue weighted by atomic mass is 10.3. The van der Waals surface area contributed by atoms with Gasteiger partial charge in [0.1, 0.15) is 12.9 Å². The van der Waals surface area contributed by atoms with Crippen molar-refractivity contribution in [3.63, 3.8) is 0 Å². The lowest BCUT2D eigenvalue weighted by molar-refractivity contribution is 0.221. The Balaban J connectivity index is 2.42. The first kappa shape index (κ1) is 6.71. The van der Waals surface area contributed by atoms with Crippen molar-refractivity contribution in [2.75, 3.05) is 0 Å². The number of rotatable bonds is 0. The van der Waals surface area contributed by atoms with Gasteiger partial charge in [-0.2, -0.15) is 0 Å². The van der Waals surface area contributed by atoms with E-state index in [0.717, 1.165) is 16.9 Å². The van der Waals surface area contributed by atoms with Gasteiger partial charge < -0.3 is 4.74 Å². The maximum absolute atomic E-state index is 5.16. The summed E-state index contributed by atoms with van der Waals surface area (Å²) in [4.78, 5) is 4.44.